The fraction of sp³-hybridized carbons (Fsp3) is 0.833. The number of carbonyl (C=O) groups is 2. The first-order chi connectivity index (χ1) is 8.08. The van der Waals surface area contributed by atoms with Gasteiger partial charge in [-0.2, -0.15) is 0 Å². The lowest BCUT2D eigenvalue weighted by Crippen LogP contribution is -2.48. The lowest BCUT2D eigenvalue weighted by molar-refractivity contribution is -0.139. The maximum absolute atomic E-state index is 11.7. The second kappa shape index (κ2) is 6.59. The van der Waals surface area contributed by atoms with Gasteiger partial charge in [0, 0.05) is 13.0 Å². The molecule has 0 unspecified atom stereocenters. The molecule has 0 radical (unpaired) electrons. The van der Waals surface area contributed by atoms with Crippen molar-refractivity contribution in [1.82, 2.24) is 5.32 Å². The van der Waals surface area contributed by atoms with E-state index in [1.165, 1.54) is 0 Å². The smallest absolute Gasteiger partial charge is 0.305 e. The Morgan fingerprint density at radius 2 is 2.00 bits per heavy atom. The van der Waals surface area contributed by atoms with Crippen LogP contribution in [0.25, 0.3) is 0 Å². The van der Waals surface area contributed by atoms with Crippen molar-refractivity contribution < 1.29 is 19.4 Å². The SMILES string of the molecule is CCOCCC(=O)NC1(CC(=O)O)CCCC1. The van der Waals surface area contributed by atoms with Crippen LogP contribution in [0.3, 0.4) is 0 Å². The number of nitrogens with one attached hydrogen (secondary N) is 1. The summed E-state index contributed by atoms with van der Waals surface area (Å²) in [6.45, 7) is 2.86. The third-order valence-electron chi connectivity index (χ3n) is 3.13. The van der Waals surface area contributed by atoms with Gasteiger partial charge in [0.2, 0.25) is 5.91 Å². The van der Waals surface area contributed by atoms with E-state index in [4.69, 9.17) is 9.84 Å². The lowest BCUT2D eigenvalue weighted by atomic mass is 9.93. The highest BCUT2D eigenvalue weighted by Gasteiger charge is 2.37. The summed E-state index contributed by atoms with van der Waals surface area (Å²) in [6, 6.07) is 0. The molecule has 0 aromatic carbocycles. The van der Waals surface area contributed by atoms with Crippen LogP contribution < -0.4 is 5.32 Å². The zero-order valence-corrected chi connectivity index (χ0v) is 10.3. The van der Waals surface area contributed by atoms with Crippen molar-refractivity contribution in [2.24, 2.45) is 0 Å². The minimum absolute atomic E-state index is 0.0212. The molecule has 2 N–H and O–H groups in total. The van der Waals surface area contributed by atoms with E-state index in [-0.39, 0.29) is 12.3 Å². The quantitative estimate of drug-likeness (QED) is 0.661. The summed E-state index contributed by atoms with van der Waals surface area (Å²) in [5, 5.41) is 11.8. The van der Waals surface area contributed by atoms with Crippen LogP contribution in [-0.4, -0.2) is 35.7 Å². The van der Waals surface area contributed by atoms with Gasteiger partial charge in [0.1, 0.15) is 0 Å². The molecule has 0 aromatic rings. The van der Waals surface area contributed by atoms with Gasteiger partial charge in [-0.3, -0.25) is 9.59 Å². The zero-order chi connectivity index (χ0) is 12.7. The molecule has 0 bridgehead atoms. The minimum Gasteiger partial charge on any atom is -0.481 e. The number of aliphatic carboxylic acids is 1. The second-order valence-electron chi connectivity index (χ2n) is 4.55. The van der Waals surface area contributed by atoms with Crippen molar-refractivity contribution in [2.75, 3.05) is 13.2 Å². The van der Waals surface area contributed by atoms with Gasteiger partial charge in [0.05, 0.1) is 18.6 Å². The van der Waals surface area contributed by atoms with Gasteiger partial charge in [0.25, 0.3) is 0 Å². The number of carboxylic acids is 1. The number of hydrogen-bond acceptors (Lipinski definition) is 3. The number of carboxylic acid groups (broad SMARTS) is 1. The van der Waals surface area contributed by atoms with Crippen LogP contribution in [0.4, 0.5) is 0 Å². The first-order valence-corrected chi connectivity index (χ1v) is 6.18. The van der Waals surface area contributed by atoms with E-state index in [0.29, 0.717) is 19.6 Å². The molecule has 5 heteroatoms. The van der Waals surface area contributed by atoms with Crippen LogP contribution in [0.5, 0.6) is 0 Å². The summed E-state index contributed by atoms with van der Waals surface area (Å²) < 4.78 is 5.11. The molecule has 0 aliphatic heterocycles. The van der Waals surface area contributed by atoms with Gasteiger partial charge in [-0.25, -0.2) is 0 Å². The topological polar surface area (TPSA) is 75.6 Å². The zero-order valence-electron chi connectivity index (χ0n) is 10.3. The third-order valence-corrected chi connectivity index (χ3v) is 3.13. The first kappa shape index (κ1) is 14.0. The summed E-state index contributed by atoms with van der Waals surface area (Å²) >= 11 is 0. The minimum atomic E-state index is -0.850. The van der Waals surface area contributed by atoms with Crippen molar-refractivity contribution in [3.8, 4) is 0 Å². The predicted octanol–water partition coefficient (Wildman–Crippen LogP) is 1.32. The Labute approximate surface area is 102 Å². The van der Waals surface area contributed by atoms with Gasteiger partial charge < -0.3 is 15.2 Å². The molecule has 0 spiro atoms. The molecule has 5 nitrogen and oxygen atoms in total. The molecule has 1 fully saturated rings. The van der Waals surface area contributed by atoms with Crippen LogP contribution in [0, 0.1) is 0 Å². The Hall–Kier alpha value is -1.10. The maximum atomic E-state index is 11.7. The maximum Gasteiger partial charge on any atom is 0.305 e. The van der Waals surface area contributed by atoms with Crippen molar-refractivity contribution >= 4 is 11.9 Å². The highest BCUT2D eigenvalue weighted by atomic mass is 16.5. The van der Waals surface area contributed by atoms with Crippen LogP contribution in [0.15, 0.2) is 0 Å². The number of hydrogen-bond donors (Lipinski definition) is 2. The number of ether oxygens (including phenoxy) is 1. The van der Waals surface area contributed by atoms with Crippen LogP contribution >= 0.6 is 0 Å². The molecule has 0 atom stereocenters. The molecule has 1 amide bonds. The molecule has 1 aliphatic rings. The van der Waals surface area contributed by atoms with E-state index < -0.39 is 11.5 Å². The number of carbonyl (C=O) groups excluding carboxylic acids is 1. The summed E-state index contributed by atoms with van der Waals surface area (Å²) in [7, 11) is 0. The fourth-order valence-corrected chi connectivity index (χ4v) is 2.35. The lowest BCUT2D eigenvalue weighted by Gasteiger charge is -2.28. The van der Waals surface area contributed by atoms with Gasteiger partial charge in [-0.15, -0.1) is 0 Å². The Bertz CT molecular complexity index is 272. The molecule has 1 aliphatic carbocycles. The Balaban J connectivity index is 2.43. The van der Waals surface area contributed by atoms with Gasteiger partial charge in [-0.1, -0.05) is 12.8 Å². The van der Waals surface area contributed by atoms with Crippen LogP contribution in [0.2, 0.25) is 0 Å². The Morgan fingerprint density at radius 3 is 2.53 bits per heavy atom. The molecule has 98 valence electrons. The third kappa shape index (κ3) is 4.73. The molecule has 1 saturated carbocycles. The van der Waals surface area contributed by atoms with E-state index in [0.717, 1.165) is 25.7 Å². The van der Waals surface area contributed by atoms with Gasteiger partial charge in [-0.05, 0) is 19.8 Å². The average Bonchev–Trinajstić information content (AvgIpc) is 2.65. The van der Waals surface area contributed by atoms with Crippen LogP contribution in [-0.2, 0) is 14.3 Å². The molecule has 17 heavy (non-hydrogen) atoms. The predicted molar refractivity (Wildman–Crippen MR) is 62.7 cm³/mol. The van der Waals surface area contributed by atoms with Gasteiger partial charge >= 0.3 is 5.97 Å². The number of amides is 1. The van der Waals surface area contributed by atoms with Crippen molar-refractivity contribution in [2.45, 2.75) is 51.0 Å². The molecule has 0 aromatic heterocycles. The highest BCUT2D eigenvalue weighted by molar-refractivity contribution is 5.78. The molecule has 0 saturated heterocycles. The molecule has 1 rings (SSSR count). The normalized spacial score (nSPS) is 17.9. The van der Waals surface area contributed by atoms with E-state index in [1.807, 2.05) is 6.92 Å². The van der Waals surface area contributed by atoms with Crippen molar-refractivity contribution in [3.63, 3.8) is 0 Å². The summed E-state index contributed by atoms with van der Waals surface area (Å²) in [5.74, 6) is -0.960. The van der Waals surface area contributed by atoms with Crippen molar-refractivity contribution in [1.29, 1.82) is 0 Å². The largest absolute Gasteiger partial charge is 0.481 e. The Kier molecular flexibility index (Phi) is 5.41. The summed E-state index contributed by atoms with van der Waals surface area (Å²) in [6.07, 6.45) is 3.82. The number of rotatable bonds is 7. The summed E-state index contributed by atoms with van der Waals surface area (Å²) in [5.41, 5.74) is -0.519. The van der Waals surface area contributed by atoms with Crippen LogP contribution in [0.1, 0.15) is 45.4 Å². The van der Waals surface area contributed by atoms with Gasteiger partial charge in [0.15, 0.2) is 0 Å². The average molecular weight is 243 g/mol. The Morgan fingerprint density at radius 1 is 1.35 bits per heavy atom. The van der Waals surface area contributed by atoms with Crippen molar-refractivity contribution in [3.05, 3.63) is 0 Å². The molecular formula is C12H21NO4. The molecule has 0 heterocycles. The standard InChI is InChI=1S/C12H21NO4/c1-2-17-8-5-10(14)13-12(9-11(15)16)6-3-4-7-12/h2-9H2,1H3,(H,13,14)(H,15,16). The summed E-state index contributed by atoms with van der Waals surface area (Å²) in [4.78, 5) is 22.5. The fourth-order valence-electron chi connectivity index (χ4n) is 2.35. The second-order valence-corrected chi connectivity index (χ2v) is 4.55. The van der Waals surface area contributed by atoms with E-state index in [9.17, 15) is 9.59 Å². The van der Waals surface area contributed by atoms with E-state index in [1.54, 1.807) is 0 Å². The molecular weight excluding hydrogens is 222 g/mol. The van der Waals surface area contributed by atoms with E-state index >= 15 is 0 Å². The first-order valence-electron chi connectivity index (χ1n) is 6.18. The monoisotopic (exact) mass is 243 g/mol. The van der Waals surface area contributed by atoms with E-state index in [2.05, 4.69) is 5.32 Å². The highest BCUT2D eigenvalue weighted by Crippen LogP contribution is 2.32.